The Bertz CT molecular complexity index is 1210. The zero-order chi connectivity index (χ0) is 24.5. The van der Waals surface area contributed by atoms with E-state index in [1.807, 2.05) is 38.2 Å². The first-order valence-corrected chi connectivity index (χ1v) is 12.2. The molecule has 0 bridgehead atoms. The Morgan fingerprint density at radius 1 is 1.03 bits per heavy atom. The standard InChI is InChI=1S/C26H30N6O3/c1-26(2)23-18(4-3-5-19(23)32(25(26)35)16-8-21(33)30-22(34)9-16)31-13-17(15-10-28-11-15)24(31)14-6-7-20(27)29-12-14/h3-7,12,15-17,24,28H,8-11,13H2,1-2H3,(H2,27,29)(H,30,33,34). The summed E-state index contributed by atoms with van der Waals surface area (Å²) in [6, 6.07) is 9.56. The molecule has 2 unspecified atom stereocenters. The van der Waals surface area contributed by atoms with Crippen molar-refractivity contribution < 1.29 is 14.4 Å². The number of fused-ring (bicyclic) bond motifs is 1. The molecule has 1 aromatic heterocycles. The number of carbonyl (C=O) groups is 3. The fourth-order valence-electron chi connectivity index (χ4n) is 6.25. The van der Waals surface area contributed by atoms with E-state index in [1.165, 1.54) is 0 Å². The minimum atomic E-state index is -0.782. The summed E-state index contributed by atoms with van der Waals surface area (Å²) < 4.78 is 0. The maximum atomic E-state index is 13.7. The van der Waals surface area contributed by atoms with Gasteiger partial charge in [0.15, 0.2) is 0 Å². The van der Waals surface area contributed by atoms with E-state index >= 15 is 0 Å². The van der Waals surface area contributed by atoms with Crippen molar-refractivity contribution in [2.24, 2.45) is 11.8 Å². The number of piperidine rings is 1. The van der Waals surface area contributed by atoms with Gasteiger partial charge in [0.1, 0.15) is 5.82 Å². The third-order valence-electron chi connectivity index (χ3n) is 8.17. The Morgan fingerprint density at radius 2 is 1.74 bits per heavy atom. The van der Waals surface area contributed by atoms with Crippen molar-refractivity contribution in [3.05, 3.63) is 47.7 Å². The van der Waals surface area contributed by atoms with Crippen LogP contribution in [0.5, 0.6) is 0 Å². The van der Waals surface area contributed by atoms with E-state index in [2.05, 4.69) is 32.7 Å². The molecular weight excluding hydrogens is 444 g/mol. The summed E-state index contributed by atoms with van der Waals surface area (Å²) in [6.07, 6.45) is 2.11. The highest BCUT2D eigenvalue weighted by atomic mass is 16.2. The van der Waals surface area contributed by atoms with Crippen molar-refractivity contribution in [3.63, 3.8) is 0 Å². The van der Waals surface area contributed by atoms with Crippen molar-refractivity contribution in [1.29, 1.82) is 0 Å². The minimum Gasteiger partial charge on any atom is -0.384 e. The van der Waals surface area contributed by atoms with E-state index in [-0.39, 0.29) is 36.6 Å². The molecule has 9 nitrogen and oxygen atoms in total. The second kappa shape index (κ2) is 7.78. The highest BCUT2D eigenvalue weighted by Gasteiger charge is 2.52. The number of hydrogen-bond donors (Lipinski definition) is 3. The Morgan fingerprint density at radius 3 is 2.37 bits per heavy atom. The second-order valence-corrected chi connectivity index (χ2v) is 10.7. The number of anilines is 3. The van der Waals surface area contributed by atoms with Crippen molar-refractivity contribution in [3.8, 4) is 0 Å². The van der Waals surface area contributed by atoms with Crippen LogP contribution < -0.4 is 26.2 Å². The third kappa shape index (κ3) is 3.32. The molecule has 0 aliphatic carbocycles. The van der Waals surface area contributed by atoms with Gasteiger partial charge in [0.2, 0.25) is 17.7 Å². The molecule has 182 valence electrons. The molecule has 4 aliphatic rings. The third-order valence-corrected chi connectivity index (χ3v) is 8.17. The molecule has 35 heavy (non-hydrogen) atoms. The number of nitrogen functional groups attached to an aromatic ring is 1. The van der Waals surface area contributed by atoms with E-state index in [4.69, 9.17) is 5.73 Å². The summed E-state index contributed by atoms with van der Waals surface area (Å²) in [4.78, 5) is 46.4. The van der Waals surface area contributed by atoms with Crippen LogP contribution in [-0.2, 0) is 19.8 Å². The van der Waals surface area contributed by atoms with Crippen molar-refractivity contribution in [1.82, 2.24) is 15.6 Å². The van der Waals surface area contributed by atoms with Gasteiger partial charge in [0.05, 0.1) is 23.2 Å². The number of rotatable bonds is 4. The van der Waals surface area contributed by atoms with Crippen LogP contribution in [0.25, 0.3) is 0 Å². The predicted octanol–water partition coefficient (Wildman–Crippen LogP) is 1.49. The first kappa shape index (κ1) is 22.0. The maximum absolute atomic E-state index is 13.7. The fourth-order valence-corrected chi connectivity index (χ4v) is 6.25. The molecule has 4 N–H and O–H groups in total. The monoisotopic (exact) mass is 474 g/mol. The van der Waals surface area contributed by atoms with Crippen LogP contribution in [0.15, 0.2) is 36.5 Å². The number of hydrogen-bond acceptors (Lipinski definition) is 7. The van der Waals surface area contributed by atoms with Crippen LogP contribution in [0.1, 0.15) is 43.9 Å². The molecular formula is C26H30N6O3. The molecule has 6 rings (SSSR count). The summed E-state index contributed by atoms with van der Waals surface area (Å²) in [7, 11) is 0. The van der Waals surface area contributed by atoms with Gasteiger partial charge in [-0.25, -0.2) is 4.98 Å². The van der Waals surface area contributed by atoms with Gasteiger partial charge in [0, 0.05) is 42.8 Å². The Labute approximate surface area is 204 Å². The molecule has 0 spiro atoms. The lowest BCUT2D eigenvalue weighted by molar-refractivity contribution is -0.133. The number of aromatic nitrogens is 1. The van der Waals surface area contributed by atoms with Crippen LogP contribution in [-0.4, -0.2) is 48.4 Å². The Balaban J connectivity index is 1.41. The minimum absolute atomic E-state index is 0.0709. The van der Waals surface area contributed by atoms with Crippen LogP contribution in [0.2, 0.25) is 0 Å². The largest absolute Gasteiger partial charge is 0.384 e. The van der Waals surface area contributed by atoms with Crippen molar-refractivity contribution in [2.45, 2.75) is 44.2 Å². The van der Waals surface area contributed by atoms with Crippen LogP contribution in [0.4, 0.5) is 17.2 Å². The van der Waals surface area contributed by atoms with Gasteiger partial charge < -0.3 is 20.9 Å². The SMILES string of the molecule is CC1(C)C(=O)N(C2CC(=O)NC(=O)C2)c2cccc(N3CC(C4CNC4)C3c3ccc(N)nc3)c21. The summed E-state index contributed by atoms with van der Waals surface area (Å²) in [6.45, 7) is 6.80. The van der Waals surface area contributed by atoms with Crippen LogP contribution in [0.3, 0.4) is 0 Å². The normalized spacial score (nSPS) is 26.3. The number of pyridine rings is 1. The number of nitrogens with two attached hydrogens (primary N) is 1. The lowest BCUT2D eigenvalue weighted by Gasteiger charge is -2.55. The smallest absolute Gasteiger partial charge is 0.237 e. The molecule has 4 aliphatic heterocycles. The molecule has 3 amide bonds. The number of imide groups is 1. The molecule has 1 aromatic carbocycles. The summed E-state index contributed by atoms with van der Waals surface area (Å²) in [5.41, 5.74) is 8.99. The van der Waals surface area contributed by atoms with Gasteiger partial charge in [0.25, 0.3) is 0 Å². The average molecular weight is 475 g/mol. The second-order valence-electron chi connectivity index (χ2n) is 10.7. The molecule has 0 radical (unpaired) electrons. The van der Waals surface area contributed by atoms with Crippen LogP contribution in [0, 0.1) is 11.8 Å². The molecule has 2 aromatic rings. The van der Waals surface area contributed by atoms with E-state index in [0.29, 0.717) is 17.7 Å². The average Bonchev–Trinajstić information content (AvgIpc) is 2.96. The maximum Gasteiger partial charge on any atom is 0.237 e. The lowest BCUT2D eigenvalue weighted by Crippen LogP contribution is -2.60. The Hall–Kier alpha value is -3.46. The summed E-state index contributed by atoms with van der Waals surface area (Å²) in [5.74, 6) is 0.833. The van der Waals surface area contributed by atoms with Gasteiger partial charge >= 0.3 is 0 Å². The van der Waals surface area contributed by atoms with Gasteiger partial charge in [-0.3, -0.25) is 19.7 Å². The molecule has 5 heterocycles. The van der Waals surface area contributed by atoms with Gasteiger partial charge in [-0.2, -0.15) is 0 Å². The highest BCUT2D eigenvalue weighted by Crippen LogP contribution is 2.54. The Kier molecular flexibility index (Phi) is 4.90. The first-order valence-electron chi connectivity index (χ1n) is 12.2. The molecule has 0 saturated carbocycles. The van der Waals surface area contributed by atoms with Crippen molar-refractivity contribution >= 4 is 34.9 Å². The van der Waals surface area contributed by atoms with Gasteiger partial charge in [-0.1, -0.05) is 12.1 Å². The topological polar surface area (TPSA) is 121 Å². The number of nitrogens with one attached hydrogen (secondary N) is 2. The number of carbonyl (C=O) groups excluding carboxylic acids is 3. The number of nitrogens with zero attached hydrogens (tertiary/aromatic N) is 3. The zero-order valence-corrected chi connectivity index (χ0v) is 20.0. The molecule has 9 heteroatoms. The lowest BCUT2D eigenvalue weighted by atomic mass is 9.72. The van der Waals surface area contributed by atoms with Crippen LogP contribution >= 0.6 is 0 Å². The molecule has 3 saturated heterocycles. The van der Waals surface area contributed by atoms with E-state index in [0.717, 1.165) is 42.1 Å². The number of benzene rings is 1. The van der Waals surface area contributed by atoms with E-state index in [9.17, 15) is 14.4 Å². The summed E-state index contributed by atoms with van der Waals surface area (Å²) >= 11 is 0. The van der Waals surface area contributed by atoms with Crippen molar-refractivity contribution in [2.75, 3.05) is 35.2 Å². The quantitative estimate of drug-likeness (QED) is 0.574. The summed E-state index contributed by atoms with van der Waals surface area (Å²) in [5, 5.41) is 5.74. The highest BCUT2D eigenvalue weighted by molar-refractivity contribution is 6.11. The predicted molar refractivity (Wildman–Crippen MR) is 132 cm³/mol. The first-order chi connectivity index (χ1) is 16.8. The van der Waals surface area contributed by atoms with E-state index in [1.54, 1.807) is 4.90 Å². The van der Waals surface area contributed by atoms with Gasteiger partial charge in [-0.15, -0.1) is 0 Å². The molecule has 3 fully saturated rings. The number of amides is 3. The zero-order valence-electron chi connectivity index (χ0n) is 20.0. The molecule has 2 atom stereocenters. The fraction of sp³-hybridized carbons (Fsp3) is 0.462. The van der Waals surface area contributed by atoms with Gasteiger partial charge in [-0.05, 0) is 56.6 Å². The van der Waals surface area contributed by atoms with E-state index < -0.39 is 11.5 Å².